The topological polar surface area (TPSA) is 33.7 Å². The van der Waals surface area contributed by atoms with Gasteiger partial charge in [0.15, 0.2) is 0 Å². The van der Waals surface area contributed by atoms with Crippen LogP contribution >= 0.6 is 11.6 Å². The van der Waals surface area contributed by atoms with Crippen LogP contribution in [-0.4, -0.2) is 50.9 Å². The molecule has 1 fully saturated rings. The molecule has 0 bridgehead atoms. The third-order valence-corrected chi connectivity index (χ3v) is 3.94. The van der Waals surface area contributed by atoms with Crippen LogP contribution in [0.4, 0.5) is 0 Å². The minimum Gasteiger partial charge on any atom is -0.491 e. The molecule has 1 aromatic carbocycles. The quantitative estimate of drug-likeness (QED) is 0.796. The second-order valence-corrected chi connectivity index (χ2v) is 6.50. The molecule has 124 valence electrons. The third kappa shape index (κ3) is 6.13. The van der Waals surface area contributed by atoms with Crippen molar-refractivity contribution in [1.29, 1.82) is 0 Å². The Balaban J connectivity index is 1.74. The van der Waals surface area contributed by atoms with Crippen molar-refractivity contribution in [1.82, 2.24) is 10.2 Å². The first-order valence-electron chi connectivity index (χ1n) is 8.07. The van der Waals surface area contributed by atoms with Gasteiger partial charge in [-0.3, -0.25) is 4.90 Å². The second kappa shape index (κ2) is 9.36. The fourth-order valence-corrected chi connectivity index (χ4v) is 2.64. The number of benzene rings is 1. The molecule has 2 rings (SSSR count). The number of ether oxygens (including phenoxy) is 2. The summed E-state index contributed by atoms with van der Waals surface area (Å²) in [6, 6.07) is 6.02. The molecule has 0 radical (unpaired) electrons. The van der Waals surface area contributed by atoms with Gasteiger partial charge in [-0.25, -0.2) is 0 Å². The average Bonchev–Trinajstić information content (AvgIpc) is 2.50. The molecule has 1 aliphatic heterocycles. The molecule has 0 atom stereocenters. The van der Waals surface area contributed by atoms with E-state index in [0.29, 0.717) is 17.5 Å². The number of hydrogen-bond acceptors (Lipinski definition) is 4. The number of rotatable bonds is 8. The highest BCUT2D eigenvalue weighted by molar-refractivity contribution is 6.32. The molecule has 5 heteroatoms. The molecule has 0 saturated carbocycles. The van der Waals surface area contributed by atoms with Crippen LogP contribution in [-0.2, 0) is 11.3 Å². The van der Waals surface area contributed by atoms with Crippen molar-refractivity contribution in [2.75, 3.05) is 46.0 Å². The summed E-state index contributed by atoms with van der Waals surface area (Å²) in [5.41, 5.74) is 1.19. The van der Waals surface area contributed by atoms with E-state index >= 15 is 0 Å². The highest BCUT2D eigenvalue weighted by atomic mass is 35.5. The summed E-state index contributed by atoms with van der Waals surface area (Å²) in [5, 5.41) is 4.10. The zero-order chi connectivity index (χ0) is 15.8. The van der Waals surface area contributed by atoms with Crippen molar-refractivity contribution in [3.63, 3.8) is 0 Å². The molecular weight excluding hydrogens is 300 g/mol. The van der Waals surface area contributed by atoms with E-state index in [-0.39, 0.29) is 0 Å². The summed E-state index contributed by atoms with van der Waals surface area (Å²) in [6.45, 7) is 11.4. The largest absolute Gasteiger partial charge is 0.491 e. The van der Waals surface area contributed by atoms with E-state index in [1.54, 1.807) is 0 Å². The first kappa shape index (κ1) is 17.5. The molecule has 1 heterocycles. The number of morpholine rings is 1. The monoisotopic (exact) mass is 326 g/mol. The van der Waals surface area contributed by atoms with Gasteiger partial charge in [0.05, 0.1) is 18.2 Å². The van der Waals surface area contributed by atoms with Gasteiger partial charge in [-0.2, -0.15) is 0 Å². The third-order valence-electron chi connectivity index (χ3n) is 3.65. The van der Waals surface area contributed by atoms with E-state index in [1.807, 2.05) is 12.1 Å². The lowest BCUT2D eigenvalue weighted by Crippen LogP contribution is -2.38. The maximum Gasteiger partial charge on any atom is 0.137 e. The van der Waals surface area contributed by atoms with Crippen molar-refractivity contribution < 1.29 is 9.47 Å². The number of nitrogens with zero attached hydrogens (tertiary/aromatic N) is 1. The maximum absolute atomic E-state index is 6.31. The lowest BCUT2D eigenvalue weighted by atomic mass is 10.2. The van der Waals surface area contributed by atoms with E-state index in [9.17, 15) is 0 Å². The summed E-state index contributed by atoms with van der Waals surface area (Å²) < 4.78 is 11.1. The molecule has 0 aliphatic carbocycles. The first-order valence-corrected chi connectivity index (χ1v) is 8.45. The molecule has 0 amide bonds. The van der Waals surface area contributed by atoms with Crippen molar-refractivity contribution in [2.45, 2.75) is 20.4 Å². The molecule has 0 aromatic heterocycles. The van der Waals surface area contributed by atoms with Gasteiger partial charge in [-0.15, -0.1) is 0 Å². The highest BCUT2D eigenvalue weighted by Crippen LogP contribution is 2.25. The van der Waals surface area contributed by atoms with Crippen LogP contribution in [0.5, 0.6) is 5.75 Å². The Morgan fingerprint density at radius 2 is 2.09 bits per heavy atom. The zero-order valence-corrected chi connectivity index (χ0v) is 14.4. The van der Waals surface area contributed by atoms with Gasteiger partial charge in [0.1, 0.15) is 12.4 Å². The van der Waals surface area contributed by atoms with E-state index in [4.69, 9.17) is 21.1 Å². The molecule has 1 aliphatic rings. The summed E-state index contributed by atoms with van der Waals surface area (Å²) in [5.74, 6) is 1.42. The molecule has 0 spiro atoms. The Morgan fingerprint density at radius 3 is 2.77 bits per heavy atom. The van der Waals surface area contributed by atoms with Crippen LogP contribution in [0.15, 0.2) is 18.2 Å². The van der Waals surface area contributed by atoms with Gasteiger partial charge in [0, 0.05) is 26.2 Å². The van der Waals surface area contributed by atoms with Crippen LogP contribution in [0.3, 0.4) is 0 Å². The van der Waals surface area contributed by atoms with Gasteiger partial charge in [-0.05, 0) is 30.2 Å². The van der Waals surface area contributed by atoms with Crippen molar-refractivity contribution in [2.24, 2.45) is 5.92 Å². The highest BCUT2D eigenvalue weighted by Gasteiger charge is 2.10. The van der Waals surface area contributed by atoms with Gasteiger partial charge in [-0.1, -0.05) is 31.5 Å². The maximum atomic E-state index is 6.31. The summed E-state index contributed by atoms with van der Waals surface area (Å²) in [4.78, 5) is 2.35. The SMILES string of the molecule is CC(C)CNCc1ccc(OCCN2CCOCC2)c(Cl)c1. The van der Waals surface area contributed by atoms with Gasteiger partial charge in [0.25, 0.3) is 0 Å². The fourth-order valence-electron chi connectivity index (χ4n) is 2.39. The van der Waals surface area contributed by atoms with Crippen LogP contribution in [0.2, 0.25) is 5.02 Å². The summed E-state index contributed by atoms with van der Waals surface area (Å²) >= 11 is 6.31. The van der Waals surface area contributed by atoms with Crippen LogP contribution in [0.25, 0.3) is 0 Å². The standard InChI is InChI=1S/C17H27ClN2O2/c1-14(2)12-19-13-15-3-4-17(16(18)11-15)22-10-7-20-5-8-21-9-6-20/h3-4,11,14,19H,5-10,12-13H2,1-2H3. The number of nitrogens with one attached hydrogen (secondary N) is 1. The Hall–Kier alpha value is -0.810. The van der Waals surface area contributed by atoms with E-state index in [2.05, 4.69) is 30.1 Å². The van der Waals surface area contributed by atoms with E-state index < -0.39 is 0 Å². The van der Waals surface area contributed by atoms with Crippen LogP contribution in [0, 0.1) is 5.92 Å². The summed E-state index contributed by atoms with van der Waals surface area (Å²) in [7, 11) is 0. The van der Waals surface area contributed by atoms with Crippen LogP contribution < -0.4 is 10.1 Å². The normalized spacial score (nSPS) is 16.2. The molecule has 1 N–H and O–H groups in total. The van der Waals surface area contributed by atoms with Gasteiger partial charge >= 0.3 is 0 Å². The molecule has 4 nitrogen and oxygen atoms in total. The number of hydrogen-bond donors (Lipinski definition) is 1. The lowest BCUT2D eigenvalue weighted by molar-refractivity contribution is 0.0322. The first-order chi connectivity index (χ1) is 10.6. The molecule has 1 saturated heterocycles. The Bertz CT molecular complexity index is 448. The van der Waals surface area contributed by atoms with E-state index in [0.717, 1.165) is 51.7 Å². The molecular formula is C17H27ClN2O2. The Kier molecular flexibility index (Phi) is 7.46. The fraction of sp³-hybridized carbons (Fsp3) is 0.647. The predicted octanol–water partition coefficient (Wildman–Crippen LogP) is 2.80. The van der Waals surface area contributed by atoms with Crippen molar-refractivity contribution in [3.8, 4) is 5.75 Å². The predicted molar refractivity (Wildman–Crippen MR) is 90.8 cm³/mol. The molecule has 22 heavy (non-hydrogen) atoms. The number of halogens is 1. The minimum atomic E-state index is 0.651. The van der Waals surface area contributed by atoms with Crippen molar-refractivity contribution in [3.05, 3.63) is 28.8 Å². The van der Waals surface area contributed by atoms with E-state index in [1.165, 1.54) is 5.56 Å². The molecule has 1 aromatic rings. The van der Waals surface area contributed by atoms with Crippen molar-refractivity contribution >= 4 is 11.6 Å². The zero-order valence-electron chi connectivity index (χ0n) is 13.6. The van der Waals surface area contributed by atoms with Gasteiger partial charge < -0.3 is 14.8 Å². The average molecular weight is 327 g/mol. The second-order valence-electron chi connectivity index (χ2n) is 6.09. The lowest BCUT2D eigenvalue weighted by Gasteiger charge is -2.26. The summed E-state index contributed by atoms with van der Waals surface area (Å²) in [6.07, 6.45) is 0. The minimum absolute atomic E-state index is 0.651. The van der Waals surface area contributed by atoms with Gasteiger partial charge in [0.2, 0.25) is 0 Å². The Labute approximate surface area is 138 Å². The Morgan fingerprint density at radius 1 is 1.32 bits per heavy atom. The van der Waals surface area contributed by atoms with Crippen LogP contribution in [0.1, 0.15) is 19.4 Å². The smallest absolute Gasteiger partial charge is 0.137 e. The molecule has 0 unspecified atom stereocenters.